The molecular formula is C28H36FNO5. The van der Waals surface area contributed by atoms with Crippen LogP contribution in [0.3, 0.4) is 0 Å². The number of ether oxygens (including phenoxy) is 1. The summed E-state index contributed by atoms with van der Waals surface area (Å²) in [4.78, 5) is 1.81. The van der Waals surface area contributed by atoms with Crippen molar-refractivity contribution < 1.29 is 29.6 Å². The van der Waals surface area contributed by atoms with Gasteiger partial charge in [0.2, 0.25) is 0 Å². The van der Waals surface area contributed by atoms with E-state index in [1.807, 2.05) is 49.3 Å². The van der Waals surface area contributed by atoms with Gasteiger partial charge in [-0.25, -0.2) is 4.39 Å². The number of benzene rings is 1. The number of likely N-dealkylation sites (N-methyl/N-ethyl adjacent to an activating group) is 1. The summed E-state index contributed by atoms with van der Waals surface area (Å²) in [5.41, 5.74) is -1.15. The maximum absolute atomic E-state index is 16.9. The van der Waals surface area contributed by atoms with Crippen LogP contribution in [-0.2, 0) is 11.3 Å². The fourth-order valence-corrected chi connectivity index (χ4v) is 8.32. The van der Waals surface area contributed by atoms with E-state index >= 15 is 4.39 Å². The molecule has 3 unspecified atom stereocenters. The molecule has 190 valence electrons. The number of rotatable bonds is 3. The Bertz CT molecular complexity index is 1100. The molecule has 7 heteroatoms. The summed E-state index contributed by atoms with van der Waals surface area (Å²) in [5, 5.41) is 42.8. The average molecular weight is 486 g/mol. The van der Waals surface area contributed by atoms with Crippen molar-refractivity contribution in [2.75, 3.05) is 14.1 Å². The van der Waals surface area contributed by atoms with E-state index in [-0.39, 0.29) is 24.4 Å². The molecule has 1 aromatic rings. The Balaban J connectivity index is 1.43. The monoisotopic (exact) mass is 485 g/mol. The molecule has 4 N–H and O–H groups in total. The first-order chi connectivity index (χ1) is 16.5. The minimum absolute atomic E-state index is 0.00170. The zero-order chi connectivity index (χ0) is 25.0. The normalized spacial score (nSPS) is 48.2. The highest BCUT2D eigenvalue weighted by molar-refractivity contribution is 5.74. The van der Waals surface area contributed by atoms with Gasteiger partial charge in [0, 0.05) is 17.4 Å². The van der Waals surface area contributed by atoms with Crippen LogP contribution in [0.1, 0.15) is 50.2 Å². The molecule has 2 spiro atoms. The Kier molecular flexibility index (Phi) is 5.07. The summed E-state index contributed by atoms with van der Waals surface area (Å²) in [6.45, 7) is 2.24. The van der Waals surface area contributed by atoms with Gasteiger partial charge >= 0.3 is 0 Å². The van der Waals surface area contributed by atoms with Gasteiger partial charge in [-0.15, -0.1) is 0 Å². The first kappa shape index (κ1) is 23.8. The molecule has 0 amide bonds. The number of halogens is 1. The third kappa shape index (κ3) is 2.75. The second-order valence-corrected chi connectivity index (χ2v) is 11.9. The van der Waals surface area contributed by atoms with Crippen molar-refractivity contribution in [3.8, 4) is 0 Å². The number of allylic oxidation sites excluding steroid dienone is 3. The molecule has 1 aromatic carbocycles. The van der Waals surface area contributed by atoms with Gasteiger partial charge < -0.3 is 30.1 Å². The van der Waals surface area contributed by atoms with E-state index in [9.17, 15) is 20.4 Å². The SMILES string of the molecule is CN(C)[C@H]1C[C@@]23CC[C@@]4(O2)C(=CC[C@]2(C)C(c5ccc(CO)cc5)=CCC24)C(O)C3(F)[C@@H](O)[C@@H]1O. The zero-order valence-corrected chi connectivity index (χ0v) is 20.6. The molecule has 6 rings (SSSR count). The van der Waals surface area contributed by atoms with Crippen LogP contribution in [0.2, 0.25) is 0 Å². The standard InChI is InChI=1S/C28H36FNO5/c1-25-11-10-19-23(33)28(29)24(34)22(32)20(30(2)3)14-26(28)12-13-27(19,35-26)21(25)9-8-18(25)17-6-4-16(15-31)5-7-17/h4-8,10,20-24,31-34H,9,11-15H2,1-3H3/t20-,21?,22+,23?,24-,25+,26+,27+,28?/m0/s1. The summed E-state index contributed by atoms with van der Waals surface area (Å²) in [5.74, 6) is 0.0305. The van der Waals surface area contributed by atoms with Gasteiger partial charge in [-0.3, -0.25) is 0 Å². The van der Waals surface area contributed by atoms with Crippen molar-refractivity contribution >= 4 is 5.57 Å². The lowest BCUT2D eigenvalue weighted by atomic mass is 9.55. The van der Waals surface area contributed by atoms with Gasteiger partial charge in [0.25, 0.3) is 0 Å². The number of hydrogen-bond donors (Lipinski definition) is 4. The maximum Gasteiger partial charge on any atom is 0.197 e. The second kappa shape index (κ2) is 7.46. The van der Waals surface area contributed by atoms with Crippen molar-refractivity contribution in [1.82, 2.24) is 4.90 Å². The third-order valence-corrected chi connectivity index (χ3v) is 10.2. The zero-order valence-electron chi connectivity index (χ0n) is 20.6. The Hall–Kier alpha value is -1.61. The van der Waals surface area contributed by atoms with Gasteiger partial charge in [-0.05, 0) is 68.5 Å². The molecule has 5 aliphatic rings. The summed E-state index contributed by atoms with van der Waals surface area (Å²) >= 11 is 0. The summed E-state index contributed by atoms with van der Waals surface area (Å²) in [7, 11) is 3.62. The minimum atomic E-state index is -2.46. The van der Waals surface area contributed by atoms with Crippen LogP contribution in [0, 0.1) is 11.3 Å². The Morgan fingerprint density at radius 3 is 2.46 bits per heavy atom. The van der Waals surface area contributed by atoms with E-state index in [4.69, 9.17) is 4.74 Å². The second-order valence-electron chi connectivity index (χ2n) is 11.9. The summed E-state index contributed by atoms with van der Waals surface area (Å²) < 4.78 is 23.8. The van der Waals surface area contributed by atoms with Crippen LogP contribution in [-0.4, -0.2) is 80.6 Å². The van der Waals surface area contributed by atoms with E-state index < -0.39 is 41.2 Å². The molecule has 0 aromatic heterocycles. The Labute approximate surface area is 205 Å². The van der Waals surface area contributed by atoms with Crippen molar-refractivity contribution in [3.05, 3.63) is 53.1 Å². The quantitative estimate of drug-likeness (QED) is 0.491. The van der Waals surface area contributed by atoms with Gasteiger partial charge in [-0.1, -0.05) is 43.3 Å². The molecular weight excluding hydrogens is 449 g/mol. The molecule has 35 heavy (non-hydrogen) atoms. The Morgan fingerprint density at radius 2 is 1.80 bits per heavy atom. The van der Waals surface area contributed by atoms with E-state index in [1.165, 1.54) is 5.57 Å². The van der Waals surface area contributed by atoms with Gasteiger partial charge in [0.15, 0.2) is 5.67 Å². The van der Waals surface area contributed by atoms with Crippen molar-refractivity contribution in [2.24, 2.45) is 11.3 Å². The molecule has 2 saturated heterocycles. The molecule has 2 aliphatic heterocycles. The summed E-state index contributed by atoms with van der Waals surface area (Å²) in [6.07, 6.45) is 2.18. The number of hydrogen-bond acceptors (Lipinski definition) is 6. The molecule has 0 radical (unpaired) electrons. The number of aliphatic hydroxyl groups is 4. The molecule has 9 atom stereocenters. The highest BCUT2D eigenvalue weighted by atomic mass is 19.1. The molecule has 6 nitrogen and oxygen atoms in total. The minimum Gasteiger partial charge on any atom is -0.392 e. The molecule has 3 fully saturated rings. The largest absolute Gasteiger partial charge is 0.392 e. The van der Waals surface area contributed by atoms with Crippen LogP contribution in [0.15, 0.2) is 42.0 Å². The lowest BCUT2D eigenvalue weighted by Gasteiger charge is -2.62. The van der Waals surface area contributed by atoms with Gasteiger partial charge in [-0.2, -0.15) is 0 Å². The fraction of sp³-hybridized carbons (Fsp3) is 0.643. The van der Waals surface area contributed by atoms with Crippen LogP contribution >= 0.6 is 0 Å². The predicted octanol–water partition coefficient (Wildman–Crippen LogP) is 2.35. The van der Waals surface area contributed by atoms with E-state index in [0.29, 0.717) is 24.8 Å². The smallest absolute Gasteiger partial charge is 0.197 e. The van der Waals surface area contributed by atoms with Crippen LogP contribution in [0.4, 0.5) is 4.39 Å². The average Bonchev–Trinajstić information content (AvgIpc) is 3.38. The predicted molar refractivity (Wildman–Crippen MR) is 129 cm³/mol. The third-order valence-electron chi connectivity index (χ3n) is 10.2. The van der Waals surface area contributed by atoms with E-state index in [2.05, 4.69) is 13.0 Å². The van der Waals surface area contributed by atoms with Crippen LogP contribution < -0.4 is 0 Å². The van der Waals surface area contributed by atoms with Gasteiger partial charge in [0.05, 0.1) is 18.3 Å². The van der Waals surface area contributed by atoms with Crippen molar-refractivity contribution in [2.45, 2.75) is 86.9 Å². The lowest BCUT2D eigenvalue weighted by Crippen LogP contribution is -2.78. The first-order valence-electron chi connectivity index (χ1n) is 12.8. The molecule has 1 saturated carbocycles. The van der Waals surface area contributed by atoms with Crippen LogP contribution in [0.5, 0.6) is 0 Å². The highest BCUT2D eigenvalue weighted by Crippen LogP contribution is 2.70. The molecule has 2 heterocycles. The van der Waals surface area contributed by atoms with Gasteiger partial charge in [0.1, 0.15) is 17.8 Å². The number of aliphatic hydroxyl groups excluding tert-OH is 4. The fourth-order valence-electron chi connectivity index (χ4n) is 8.32. The summed E-state index contributed by atoms with van der Waals surface area (Å²) in [6, 6.07) is 7.49. The number of fused-ring (bicyclic) bond motifs is 1. The van der Waals surface area contributed by atoms with E-state index in [1.54, 1.807) is 0 Å². The van der Waals surface area contributed by atoms with Crippen molar-refractivity contribution in [3.63, 3.8) is 0 Å². The number of nitrogens with zero attached hydrogens (tertiary/aromatic N) is 1. The molecule has 2 bridgehead atoms. The van der Waals surface area contributed by atoms with E-state index in [0.717, 1.165) is 17.5 Å². The first-order valence-corrected chi connectivity index (χ1v) is 12.8. The Morgan fingerprint density at radius 1 is 1.09 bits per heavy atom. The maximum atomic E-state index is 16.9. The number of alkyl halides is 1. The topological polar surface area (TPSA) is 93.4 Å². The molecule has 3 aliphatic carbocycles. The van der Waals surface area contributed by atoms with Crippen LogP contribution in [0.25, 0.3) is 5.57 Å². The van der Waals surface area contributed by atoms with Crippen molar-refractivity contribution in [1.29, 1.82) is 0 Å². The lowest BCUT2D eigenvalue weighted by molar-refractivity contribution is -0.308. The highest BCUT2D eigenvalue weighted by Gasteiger charge is 2.79.